The minimum absolute atomic E-state index is 0.160. The molecule has 30 heavy (non-hydrogen) atoms. The first-order chi connectivity index (χ1) is 14.5. The van der Waals surface area contributed by atoms with Gasteiger partial charge in [0.1, 0.15) is 0 Å². The molecular weight excluding hydrogens is 582 g/mol. The van der Waals surface area contributed by atoms with Crippen molar-refractivity contribution < 1.29 is 48.5 Å². The Morgan fingerprint density at radius 2 is 1.63 bits per heavy atom. The van der Waals surface area contributed by atoms with E-state index in [4.69, 9.17) is 18.9 Å². The summed E-state index contributed by atoms with van der Waals surface area (Å²) in [5.74, 6) is 2.38. The quantitative estimate of drug-likeness (QED) is 0.492. The van der Waals surface area contributed by atoms with E-state index in [0.717, 1.165) is 40.8 Å². The van der Waals surface area contributed by atoms with Crippen molar-refractivity contribution in [2.24, 2.45) is 0 Å². The molecule has 3 rings (SSSR count). The SMILES string of the molecule is COc1cc2c(cc1OC)CN(CCNC(=O)c1cc([At])cc(OC)c1OC)CC2. The Labute approximate surface area is 192 Å². The summed E-state index contributed by atoms with van der Waals surface area (Å²) in [6.45, 7) is 3.05. The molecule has 1 aliphatic rings. The van der Waals surface area contributed by atoms with Gasteiger partial charge >= 0.3 is 163 Å². The number of nitrogens with one attached hydrogen (secondary N) is 1. The van der Waals surface area contributed by atoms with Gasteiger partial charge in [-0.2, -0.15) is 0 Å². The number of carbonyl (C=O) groups excluding carboxylic acids is 1. The number of methoxy groups -OCH3 is 4. The van der Waals surface area contributed by atoms with Gasteiger partial charge in [-0.25, -0.2) is 0 Å². The zero-order valence-corrected chi connectivity index (χ0v) is 20.7. The summed E-state index contributed by atoms with van der Waals surface area (Å²) in [6.07, 6.45) is 0.939. The van der Waals surface area contributed by atoms with Gasteiger partial charge in [-0.1, -0.05) is 0 Å². The molecule has 2 aromatic carbocycles. The van der Waals surface area contributed by atoms with Gasteiger partial charge in [-0.3, -0.25) is 0 Å². The summed E-state index contributed by atoms with van der Waals surface area (Å²) >= 11 is 1.48. The standard InChI is InChI=1S/C22H27AtN2O5/c1-27-18-9-14-5-7-25(13-15(14)10-19(18)28-2)8-6-24-22(26)17-11-16(23)12-20(29-3)21(17)30-4/h9-12H,5-8,13H2,1-4H3,(H,24,26). The van der Waals surface area contributed by atoms with Crippen LogP contribution in [0.1, 0.15) is 21.5 Å². The van der Waals surface area contributed by atoms with Gasteiger partial charge in [0.05, 0.1) is 14.2 Å². The molecule has 0 atom stereocenters. The molecule has 0 spiro atoms. The molecule has 1 aliphatic heterocycles. The van der Waals surface area contributed by atoms with Crippen molar-refractivity contribution in [3.63, 3.8) is 0 Å². The summed E-state index contributed by atoms with van der Waals surface area (Å²) < 4.78 is 22.6. The zero-order valence-electron chi connectivity index (χ0n) is 17.7. The van der Waals surface area contributed by atoms with Crippen molar-refractivity contribution in [2.45, 2.75) is 13.0 Å². The summed E-state index contributed by atoms with van der Waals surface area (Å²) in [6, 6.07) is 7.82. The molecule has 0 aliphatic carbocycles. The van der Waals surface area contributed by atoms with Crippen LogP contribution in [0.2, 0.25) is 0 Å². The van der Waals surface area contributed by atoms with Crippen LogP contribution in [0.15, 0.2) is 24.3 Å². The number of rotatable bonds is 8. The first-order valence-electron chi connectivity index (χ1n) is 9.66. The number of amides is 1. The molecule has 0 saturated carbocycles. The molecule has 0 unspecified atom stereocenters. The maximum absolute atomic E-state index is 12.7. The van der Waals surface area contributed by atoms with Crippen molar-refractivity contribution >= 4 is 9.18 Å². The number of benzene rings is 2. The molecule has 0 saturated heterocycles. The van der Waals surface area contributed by atoms with Crippen LogP contribution < -0.4 is 27.5 Å². The van der Waals surface area contributed by atoms with Crippen molar-refractivity contribution in [2.75, 3.05) is 48.1 Å². The average molecular weight is 609 g/mol. The number of ether oxygens (including phenoxy) is 4. The predicted molar refractivity (Wildman–Crippen MR) is 110 cm³/mol. The van der Waals surface area contributed by atoms with E-state index in [-0.39, 0.29) is 5.91 Å². The summed E-state index contributed by atoms with van der Waals surface area (Å²) in [5.41, 5.74) is 3.01. The Hall–Kier alpha value is -2.05. The fourth-order valence-electron chi connectivity index (χ4n) is 3.65. The second-order valence-electron chi connectivity index (χ2n) is 6.95. The third-order valence-electron chi connectivity index (χ3n) is 5.20. The van der Waals surface area contributed by atoms with E-state index in [0.29, 0.717) is 23.6 Å². The van der Waals surface area contributed by atoms with E-state index >= 15 is 0 Å². The predicted octanol–water partition coefficient (Wildman–Crippen LogP) is 1.68. The van der Waals surface area contributed by atoms with Gasteiger partial charge < -0.3 is 9.47 Å². The third kappa shape index (κ3) is 4.98. The van der Waals surface area contributed by atoms with Gasteiger partial charge in [0, 0.05) is 0 Å². The molecule has 162 valence electrons. The van der Waals surface area contributed by atoms with Crippen LogP contribution >= 0.6 is 0 Å². The van der Waals surface area contributed by atoms with E-state index < -0.39 is 0 Å². The molecule has 1 N–H and O–H groups in total. The number of hydrogen-bond acceptors (Lipinski definition) is 6. The van der Waals surface area contributed by atoms with Crippen LogP contribution in [-0.4, -0.2) is 58.9 Å². The van der Waals surface area contributed by atoms with E-state index in [1.165, 1.54) is 35.8 Å². The Morgan fingerprint density at radius 3 is 2.27 bits per heavy atom. The molecule has 2 aromatic rings. The molecule has 7 nitrogen and oxygen atoms in total. The molecule has 0 fully saturated rings. The minimum atomic E-state index is -0.160. The Bertz CT molecular complexity index is 919. The number of hydrogen-bond donors (Lipinski definition) is 1. The number of nitrogens with zero attached hydrogens (tertiary/aromatic N) is 1. The second-order valence-corrected chi connectivity index (χ2v) is 8.64. The average Bonchev–Trinajstić information content (AvgIpc) is 2.77. The van der Waals surface area contributed by atoms with Crippen molar-refractivity contribution in [3.05, 3.63) is 41.0 Å². The number of carbonyl (C=O) groups is 1. The fraction of sp³-hybridized carbons (Fsp3) is 0.409. The zero-order chi connectivity index (χ0) is 21.7. The fourth-order valence-corrected chi connectivity index (χ4v) is 4.46. The molecule has 0 radical (unpaired) electrons. The van der Waals surface area contributed by atoms with Crippen molar-refractivity contribution in [1.29, 1.82) is 0 Å². The van der Waals surface area contributed by atoms with Gasteiger partial charge in [0.15, 0.2) is 5.75 Å². The maximum atomic E-state index is 12.7. The second kappa shape index (κ2) is 10.3. The van der Waals surface area contributed by atoms with E-state index in [9.17, 15) is 4.79 Å². The van der Waals surface area contributed by atoms with E-state index in [1.54, 1.807) is 28.4 Å². The Kier molecular flexibility index (Phi) is 7.78. The van der Waals surface area contributed by atoms with Crippen LogP contribution in [0.5, 0.6) is 23.0 Å². The third-order valence-corrected chi connectivity index (χ3v) is 6.05. The van der Waals surface area contributed by atoms with E-state index in [2.05, 4.69) is 16.3 Å². The first-order valence-corrected chi connectivity index (χ1v) is 11.1. The molecule has 0 aromatic heterocycles. The van der Waals surface area contributed by atoms with Crippen LogP contribution in [0.4, 0.5) is 0 Å². The molecule has 0 bridgehead atoms. The van der Waals surface area contributed by atoms with E-state index in [1.807, 2.05) is 18.2 Å². The van der Waals surface area contributed by atoms with Crippen LogP contribution in [0.3, 0.4) is 0 Å². The summed E-state index contributed by atoms with van der Waals surface area (Å²) in [7, 11) is 6.42. The molecule has 8 heteroatoms. The monoisotopic (exact) mass is 609 g/mol. The summed E-state index contributed by atoms with van der Waals surface area (Å²) in [5, 5.41) is 3.01. The number of fused-ring (bicyclic) bond motifs is 1. The first kappa shape index (κ1) is 22.6. The molecular formula is C22H27AtN2O5. The van der Waals surface area contributed by atoms with Crippen molar-refractivity contribution in [3.8, 4) is 23.0 Å². The summed E-state index contributed by atoms with van der Waals surface area (Å²) in [4.78, 5) is 15.1. The molecule has 1 heterocycles. The van der Waals surface area contributed by atoms with Gasteiger partial charge in [0.2, 0.25) is 0 Å². The van der Waals surface area contributed by atoms with Gasteiger partial charge in [0.25, 0.3) is 0 Å². The Morgan fingerprint density at radius 1 is 0.967 bits per heavy atom. The van der Waals surface area contributed by atoms with Crippen LogP contribution in [-0.2, 0) is 13.0 Å². The van der Waals surface area contributed by atoms with Crippen molar-refractivity contribution in [1.82, 2.24) is 10.2 Å². The Balaban J connectivity index is 1.62. The van der Waals surface area contributed by atoms with Crippen LogP contribution in [0.25, 0.3) is 0 Å². The topological polar surface area (TPSA) is 69.3 Å². The normalized spacial score (nSPS) is 13.4. The van der Waals surface area contributed by atoms with Gasteiger partial charge in [-0.15, -0.1) is 0 Å². The van der Waals surface area contributed by atoms with Crippen LogP contribution in [0, 0.1) is 24.7 Å². The van der Waals surface area contributed by atoms with Gasteiger partial charge in [-0.05, 0) is 0 Å². The molecule has 1 amide bonds.